The van der Waals surface area contributed by atoms with Crippen molar-refractivity contribution in [2.24, 2.45) is 0 Å². The SMILES string of the molecule is CCNC(=O)[C@H]1OCC(=O)N(C)[C@@H]1c1ccccc1. The van der Waals surface area contributed by atoms with E-state index in [4.69, 9.17) is 4.74 Å². The van der Waals surface area contributed by atoms with Crippen molar-refractivity contribution in [2.75, 3.05) is 20.2 Å². The summed E-state index contributed by atoms with van der Waals surface area (Å²) in [6.45, 7) is 2.34. The molecule has 0 aliphatic carbocycles. The molecule has 5 nitrogen and oxygen atoms in total. The number of benzene rings is 1. The Morgan fingerprint density at radius 1 is 1.42 bits per heavy atom. The van der Waals surface area contributed by atoms with Crippen molar-refractivity contribution >= 4 is 11.8 Å². The van der Waals surface area contributed by atoms with Crippen LogP contribution < -0.4 is 5.32 Å². The second-order valence-electron chi connectivity index (χ2n) is 4.49. The van der Waals surface area contributed by atoms with Crippen LogP contribution in [0.3, 0.4) is 0 Å². The third kappa shape index (κ3) is 2.76. The molecule has 0 bridgehead atoms. The molecular formula is C14H18N2O3. The molecule has 2 amide bonds. The van der Waals surface area contributed by atoms with Gasteiger partial charge in [0.15, 0.2) is 6.10 Å². The first-order valence-corrected chi connectivity index (χ1v) is 6.35. The van der Waals surface area contributed by atoms with Gasteiger partial charge in [-0.15, -0.1) is 0 Å². The molecule has 0 spiro atoms. The van der Waals surface area contributed by atoms with Gasteiger partial charge in [0.2, 0.25) is 5.91 Å². The summed E-state index contributed by atoms with van der Waals surface area (Å²) in [5, 5.41) is 2.75. The minimum Gasteiger partial charge on any atom is -0.356 e. The highest BCUT2D eigenvalue weighted by atomic mass is 16.5. The van der Waals surface area contributed by atoms with Gasteiger partial charge in [0.05, 0.1) is 6.04 Å². The molecule has 0 aromatic heterocycles. The van der Waals surface area contributed by atoms with Gasteiger partial charge in [-0.3, -0.25) is 9.59 Å². The van der Waals surface area contributed by atoms with Gasteiger partial charge in [0.1, 0.15) is 6.61 Å². The van der Waals surface area contributed by atoms with Crippen molar-refractivity contribution in [1.29, 1.82) is 0 Å². The molecule has 1 saturated heterocycles. The van der Waals surface area contributed by atoms with Crippen molar-refractivity contribution in [3.8, 4) is 0 Å². The van der Waals surface area contributed by atoms with Gasteiger partial charge in [-0.2, -0.15) is 0 Å². The molecule has 1 aliphatic heterocycles. The first kappa shape index (κ1) is 13.5. The Kier molecular flexibility index (Phi) is 4.16. The van der Waals surface area contributed by atoms with Gasteiger partial charge in [-0.05, 0) is 12.5 Å². The Hall–Kier alpha value is -1.88. The second-order valence-corrected chi connectivity index (χ2v) is 4.49. The minimum absolute atomic E-state index is 0.0539. The van der Waals surface area contributed by atoms with Crippen molar-refractivity contribution in [3.05, 3.63) is 35.9 Å². The number of ether oxygens (including phenoxy) is 1. The fraction of sp³-hybridized carbons (Fsp3) is 0.429. The molecule has 1 heterocycles. The number of morpholine rings is 1. The second kappa shape index (κ2) is 5.84. The van der Waals surface area contributed by atoms with Crippen LogP contribution in [0.4, 0.5) is 0 Å². The number of carbonyl (C=O) groups excluding carboxylic acids is 2. The number of hydrogen-bond donors (Lipinski definition) is 1. The highest BCUT2D eigenvalue weighted by Crippen LogP contribution is 2.28. The van der Waals surface area contributed by atoms with Crippen LogP contribution in [0, 0.1) is 0 Å². The average molecular weight is 262 g/mol. The summed E-state index contributed by atoms with van der Waals surface area (Å²) in [6, 6.07) is 9.09. The Balaban J connectivity index is 2.31. The molecule has 0 radical (unpaired) electrons. The fourth-order valence-electron chi connectivity index (χ4n) is 2.25. The molecule has 0 unspecified atom stereocenters. The van der Waals surface area contributed by atoms with E-state index in [9.17, 15) is 9.59 Å². The molecule has 5 heteroatoms. The Morgan fingerprint density at radius 3 is 2.74 bits per heavy atom. The summed E-state index contributed by atoms with van der Waals surface area (Å²) in [4.78, 5) is 25.4. The quantitative estimate of drug-likeness (QED) is 0.873. The lowest BCUT2D eigenvalue weighted by Crippen LogP contribution is -2.52. The molecule has 1 fully saturated rings. The largest absolute Gasteiger partial charge is 0.356 e. The Labute approximate surface area is 112 Å². The first-order chi connectivity index (χ1) is 9.15. The molecule has 1 N–H and O–H groups in total. The van der Waals surface area contributed by atoms with E-state index in [1.807, 2.05) is 37.3 Å². The molecule has 1 aromatic rings. The molecule has 1 aliphatic rings. The van der Waals surface area contributed by atoms with Gasteiger partial charge in [-0.25, -0.2) is 0 Å². The first-order valence-electron chi connectivity index (χ1n) is 6.35. The summed E-state index contributed by atoms with van der Waals surface area (Å²) >= 11 is 0. The monoisotopic (exact) mass is 262 g/mol. The molecule has 0 saturated carbocycles. The number of nitrogens with zero attached hydrogens (tertiary/aromatic N) is 1. The number of carbonyl (C=O) groups is 2. The normalized spacial score (nSPS) is 23.3. The summed E-state index contributed by atoms with van der Waals surface area (Å²) in [6.07, 6.45) is -0.662. The zero-order valence-corrected chi connectivity index (χ0v) is 11.1. The predicted molar refractivity (Wildman–Crippen MR) is 70.4 cm³/mol. The van der Waals surface area contributed by atoms with E-state index < -0.39 is 6.10 Å². The number of likely N-dealkylation sites (N-methyl/N-ethyl adjacent to an activating group) is 2. The summed E-state index contributed by atoms with van der Waals surface area (Å²) < 4.78 is 5.44. The van der Waals surface area contributed by atoms with Crippen LogP contribution in [0.2, 0.25) is 0 Å². The highest BCUT2D eigenvalue weighted by Gasteiger charge is 2.39. The van der Waals surface area contributed by atoms with Gasteiger partial charge >= 0.3 is 0 Å². The lowest BCUT2D eigenvalue weighted by Gasteiger charge is -2.38. The van der Waals surface area contributed by atoms with Crippen molar-refractivity contribution in [3.63, 3.8) is 0 Å². The van der Waals surface area contributed by atoms with Crippen molar-refractivity contribution in [2.45, 2.75) is 19.1 Å². The van der Waals surface area contributed by atoms with E-state index in [0.29, 0.717) is 6.54 Å². The van der Waals surface area contributed by atoms with E-state index in [1.54, 1.807) is 11.9 Å². The Bertz CT molecular complexity index is 461. The lowest BCUT2D eigenvalue weighted by atomic mass is 9.97. The molecule has 1 aromatic carbocycles. The fourth-order valence-corrected chi connectivity index (χ4v) is 2.25. The molecule has 19 heavy (non-hydrogen) atoms. The van der Waals surface area contributed by atoms with Crippen LogP contribution in [0.1, 0.15) is 18.5 Å². The molecule has 2 atom stereocenters. The summed E-state index contributed by atoms with van der Waals surface area (Å²) in [5.41, 5.74) is 0.898. The summed E-state index contributed by atoms with van der Waals surface area (Å²) in [5.74, 6) is -0.301. The third-order valence-electron chi connectivity index (χ3n) is 3.23. The standard InChI is InChI=1S/C14H18N2O3/c1-3-15-14(18)13-12(10-7-5-4-6-8-10)16(2)11(17)9-19-13/h4-8,12-13H,3,9H2,1-2H3,(H,15,18)/t12-,13+/m1/s1. The molecular weight excluding hydrogens is 244 g/mol. The lowest BCUT2D eigenvalue weighted by molar-refractivity contribution is -0.162. The van der Waals surface area contributed by atoms with Gasteiger partial charge in [0.25, 0.3) is 5.91 Å². The summed E-state index contributed by atoms with van der Waals surface area (Å²) in [7, 11) is 1.70. The van der Waals surface area contributed by atoms with E-state index in [2.05, 4.69) is 5.32 Å². The predicted octanol–water partition coefficient (Wildman–Crippen LogP) is 0.721. The topological polar surface area (TPSA) is 58.6 Å². The van der Waals surface area contributed by atoms with Gasteiger partial charge in [-0.1, -0.05) is 30.3 Å². The van der Waals surface area contributed by atoms with E-state index in [-0.39, 0.29) is 24.5 Å². The van der Waals surface area contributed by atoms with Crippen LogP contribution in [-0.2, 0) is 14.3 Å². The smallest absolute Gasteiger partial charge is 0.251 e. The number of nitrogens with one attached hydrogen (secondary N) is 1. The van der Waals surface area contributed by atoms with E-state index in [0.717, 1.165) is 5.56 Å². The van der Waals surface area contributed by atoms with Gasteiger partial charge in [0, 0.05) is 13.6 Å². The van der Waals surface area contributed by atoms with Crippen LogP contribution in [0.15, 0.2) is 30.3 Å². The molecule has 102 valence electrons. The zero-order chi connectivity index (χ0) is 13.8. The van der Waals surface area contributed by atoms with Crippen molar-refractivity contribution < 1.29 is 14.3 Å². The minimum atomic E-state index is -0.662. The maximum absolute atomic E-state index is 12.1. The number of amides is 2. The van der Waals surface area contributed by atoms with Crippen LogP contribution >= 0.6 is 0 Å². The number of rotatable bonds is 3. The number of hydrogen-bond acceptors (Lipinski definition) is 3. The van der Waals surface area contributed by atoms with Crippen LogP contribution in [0.5, 0.6) is 0 Å². The van der Waals surface area contributed by atoms with Crippen LogP contribution in [-0.4, -0.2) is 43.0 Å². The Morgan fingerprint density at radius 2 is 2.11 bits per heavy atom. The van der Waals surface area contributed by atoms with E-state index >= 15 is 0 Å². The molecule has 2 rings (SSSR count). The van der Waals surface area contributed by atoms with E-state index in [1.165, 1.54) is 0 Å². The van der Waals surface area contributed by atoms with Crippen molar-refractivity contribution in [1.82, 2.24) is 10.2 Å². The van der Waals surface area contributed by atoms with Gasteiger partial charge < -0.3 is 15.0 Å². The van der Waals surface area contributed by atoms with Crippen LogP contribution in [0.25, 0.3) is 0 Å². The zero-order valence-electron chi connectivity index (χ0n) is 11.1. The third-order valence-corrected chi connectivity index (χ3v) is 3.23. The maximum Gasteiger partial charge on any atom is 0.251 e. The highest BCUT2D eigenvalue weighted by molar-refractivity contribution is 5.86. The average Bonchev–Trinajstić information content (AvgIpc) is 2.43. The maximum atomic E-state index is 12.1.